The molecular formula is C8H8F2K2O10S2. The van der Waals surface area contributed by atoms with E-state index in [9.17, 15) is 35.2 Å². The molecule has 0 saturated heterocycles. The first-order valence-corrected chi connectivity index (χ1v) is 7.75. The minimum Gasteiger partial charge on any atom is -1.00 e. The molecule has 0 spiro atoms. The number of halogens is 2. The molecule has 0 heterocycles. The van der Waals surface area contributed by atoms with Crippen LogP contribution in [0, 0.1) is 5.92 Å². The first-order chi connectivity index (χ1) is 9.64. The molecule has 10 nitrogen and oxygen atoms in total. The fourth-order valence-electron chi connectivity index (χ4n) is 1.70. The zero-order valence-electron chi connectivity index (χ0n) is 14.0. The summed E-state index contributed by atoms with van der Waals surface area (Å²) in [5, 5.41) is 12.8. The minimum atomic E-state index is -6.07. The number of rotatable bonds is 4. The van der Waals surface area contributed by atoms with Crippen molar-refractivity contribution >= 4 is 32.2 Å². The molecule has 128 valence electrons. The molecule has 4 N–H and O–H groups in total. The van der Waals surface area contributed by atoms with Gasteiger partial charge >= 0.3 is 125 Å². The predicted octanol–water partition coefficient (Wildman–Crippen LogP) is -6.43. The van der Waals surface area contributed by atoms with Crippen molar-refractivity contribution in [2.24, 2.45) is 5.92 Å². The van der Waals surface area contributed by atoms with E-state index in [2.05, 4.69) is 0 Å². The molecule has 0 amide bonds. The maximum absolute atomic E-state index is 14.4. The van der Waals surface area contributed by atoms with Crippen LogP contribution in [0.25, 0.3) is 0 Å². The molecule has 16 heteroatoms. The van der Waals surface area contributed by atoms with Crippen molar-refractivity contribution in [1.82, 2.24) is 0 Å². The van der Waals surface area contributed by atoms with Gasteiger partial charge in [-0.3, -0.25) is 13.9 Å². The summed E-state index contributed by atoms with van der Waals surface area (Å²) < 4.78 is 89.9. The van der Waals surface area contributed by atoms with Gasteiger partial charge < -0.3 is 13.1 Å². The van der Waals surface area contributed by atoms with E-state index in [0.717, 1.165) is 0 Å². The van der Waals surface area contributed by atoms with Gasteiger partial charge in [-0.15, -0.1) is 0 Å². The molecule has 0 aromatic heterocycles. The Morgan fingerprint density at radius 1 is 1.12 bits per heavy atom. The van der Waals surface area contributed by atoms with Crippen molar-refractivity contribution in [3.8, 4) is 0 Å². The molecule has 0 aromatic rings. The van der Waals surface area contributed by atoms with Gasteiger partial charge in [0.25, 0.3) is 15.1 Å². The molecule has 0 radical (unpaired) electrons. The van der Waals surface area contributed by atoms with Crippen molar-refractivity contribution in [3.63, 3.8) is 0 Å². The number of hydrogen-bond donors (Lipinski definition) is 4. The molecule has 24 heavy (non-hydrogen) atoms. The smallest absolute Gasteiger partial charge is 1.00 e. The summed E-state index contributed by atoms with van der Waals surface area (Å²) in [6.45, 7) is 0. The SMILES string of the molecule is O=C(O)C1=CC(F)(S(=O)(=O)O)C(C(=O)O)C(S(=O)(=O)O)=C1F.[H-].[H-].[K+].[K+]. The van der Waals surface area contributed by atoms with Gasteiger partial charge in [-0.05, 0) is 6.08 Å². The van der Waals surface area contributed by atoms with Gasteiger partial charge in [0.05, 0.1) is 5.57 Å². The average Bonchev–Trinajstić information content (AvgIpc) is 2.27. The summed E-state index contributed by atoms with van der Waals surface area (Å²) in [6, 6.07) is 0. The van der Waals surface area contributed by atoms with Gasteiger partial charge in [0.2, 0.25) is 0 Å². The van der Waals surface area contributed by atoms with Crippen LogP contribution < -0.4 is 103 Å². The van der Waals surface area contributed by atoms with Crippen LogP contribution in [0.4, 0.5) is 8.78 Å². The van der Waals surface area contributed by atoms with Crippen molar-refractivity contribution < 1.29 is 160 Å². The zero-order chi connectivity index (χ0) is 17.7. The Kier molecular flexibility index (Phi) is 10.4. The Labute approximate surface area is 221 Å². The Hall–Kier alpha value is 1.37. The molecule has 0 bridgehead atoms. The Morgan fingerprint density at radius 3 is 1.79 bits per heavy atom. The third-order valence-electron chi connectivity index (χ3n) is 2.60. The number of aliphatic carboxylic acids is 2. The largest absolute Gasteiger partial charge is 1.00 e. The van der Waals surface area contributed by atoms with Crippen LogP contribution in [-0.2, 0) is 29.8 Å². The van der Waals surface area contributed by atoms with Gasteiger partial charge in [0, 0.05) is 0 Å². The van der Waals surface area contributed by atoms with E-state index in [1.807, 2.05) is 0 Å². The maximum Gasteiger partial charge on any atom is 1.00 e. The Balaban J connectivity index is -0.000000605. The molecule has 0 aliphatic heterocycles. The molecule has 0 aromatic carbocycles. The fourth-order valence-corrected chi connectivity index (χ4v) is 3.47. The molecule has 1 aliphatic rings. The standard InChI is InChI=1S/C8H6F2O10S2.2K.2H/c9-4-2(6(11)12)1-8(10,22(18,19)20)3(7(13)14)5(4)21(15,16)17;;;;/h1,3H,(H,11,12)(H,13,14)(H,15,16,17)(H,18,19,20);;;;/q;2*+1;2*-1. The van der Waals surface area contributed by atoms with E-state index < -0.39 is 65.5 Å². The van der Waals surface area contributed by atoms with E-state index in [-0.39, 0.29) is 106 Å². The number of hydrogen-bond acceptors (Lipinski definition) is 6. The topological polar surface area (TPSA) is 183 Å². The molecule has 1 aliphatic carbocycles. The number of carbonyl (C=O) groups is 2. The molecule has 0 saturated carbocycles. The van der Waals surface area contributed by atoms with E-state index in [0.29, 0.717) is 0 Å². The zero-order valence-corrected chi connectivity index (χ0v) is 19.8. The Morgan fingerprint density at radius 2 is 1.54 bits per heavy atom. The van der Waals surface area contributed by atoms with E-state index in [1.54, 1.807) is 0 Å². The van der Waals surface area contributed by atoms with E-state index in [4.69, 9.17) is 19.3 Å². The van der Waals surface area contributed by atoms with Gasteiger partial charge in [-0.2, -0.15) is 16.8 Å². The fraction of sp³-hybridized carbons (Fsp3) is 0.250. The monoisotopic (exact) mass is 444 g/mol. The first kappa shape index (κ1) is 27.6. The van der Waals surface area contributed by atoms with Gasteiger partial charge in [0.15, 0.2) is 11.7 Å². The van der Waals surface area contributed by atoms with E-state index in [1.165, 1.54) is 0 Å². The molecule has 1 rings (SSSR count). The summed E-state index contributed by atoms with van der Waals surface area (Å²) in [5.74, 6) is -10.8. The normalized spacial score (nSPS) is 24.3. The summed E-state index contributed by atoms with van der Waals surface area (Å²) in [4.78, 5) is 19.3. The summed E-state index contributed by atoms with van der Waals surface area (Å²) in [7, 11) is -11.9. The second-order valence-electron chi connectivity index (χ2n) is 3.96. The minimum absolute atomic E-state index is 0. The molecular weight excluding hydrogens is 436 g/mol. The Bertz CT molecular complexity index is 841. The second-order valence-corrected chi connectivity index (χ2v) is 6.93. The van der Waals surface area contributed by atoms with Gasteiger partial charge in [-0.25, -0.2) is 13.6 Å². The third kappa shape index (κ3) is 5.21. The first-order valence-electron chi connectivity index (χ1n) is 4.87. The summed E-state index contributed by atoms with van der Waals surface area (Å²) in [6.07, 6.45) is -0.604. The maximum atomic E-state index is 14.4. The number of carboxylic acids is 2. The summed E-state index contributed by atoms with van der Waals surface area (Å²) in [5.41, 5.74) is -1.90. The quantitative estimate of drug-likeness (QED) is 0.240. The predicted molar refractivity (Wildman–Crippen MR) is 64.1 cm³/mol. The molecule has 2 atom stereocenters. The van der Waals surface area contributed by atoms with Crippen LogP contribution in [0.2, 0.25) is 0 Å². The van der Waals surface area contributed by atoms with E-state index >= 15 is 0 Å². The van der Waals surface area contributed by atoms with Crippen molar-refractivity contribution in [2.75, 3.05) is 0 Å². The van der Waals surface area contributed by atoms with Crippen molar-refractivity contribution in [2.45, 2.75) is 5.00 Å². The number of carboxylic acid groups (broad SMARTS) is 2. The van der Waals surface area contributed by atoms with Crippen LogP contribution in [0.5, 0.6) is 0 Å². The van der Waals surface area contributed by atoms with Crippen molar-refractivity contribution in [3.05, 3.63) is 22.4 Å². The van der Waals surface area contributed by atoms with Crippen LogP contribution in [0.3, 0.4) is 0 Å². The number of alkyl halides is 1. The third-order valence-corrected chi connectivity index (χ3v) is 4.72. The molecule has 0 fully saturated rings. The van der Waals surface area contributed by atoms with Crippen LogP contribution in [0.1, 0.15) is 2.85 Å². The van der Waals surface area contributed by atoms with Gasteiger partial charge in [-0.1, -0.05) is 0 Å². The second kappa shape index (κ2) is 9.04. The van der Waals surface area contributed by atoms with Crippen LogP contribution in [0.15, 0.2) is 22.4 Å². The summed E-state index contributed by atoms with van der Waals surface area (Å²) >= 11 is 0. The average molecular weight is 444 g/mol. The van der Waals surface area contributed by atoms with Crippen LogP contribution >= 0.6 is 0 Å². The van der Waals surface area contributed by atoms with Crippen LogP contribution in [-0.4, -0.2) is 53.1 Å². The molecule has 2 unspecified atom stereocenters. The van der Waals surface area contributed by atoms with Crippen molar-refractivity contribution in [1.29, 1.82) is 0 Å². The van der Waals surface area contributed by atoms with Gasteiger partial charge in [0.1, 0.15) is 4.91 Å².